The second kappa shape index (κ2) is 7.03. The maximum atomic E-state index is 11.5. The Balaban J connectivity index is 1.50. The van der Waals surface area contributed by atoms with Gasteiger partial charge in [0.1, 0.15) is 5.82 Å². The summed E-state index contributed by atoms with van der Waals surface area (Å²) in [6.45, 7) is 3.14. The Labute approximate surface area is 163 Å². The number of hydrogen-bond donors (Lipinski definition) is 3. The Bertz CT molecular complexity index is 884. The third kappa shape index (κ3) is 2.98. The number of nitrogens with zero attached hydrogens (tertiary/aromatic N) is 3. The molecule has 1 aromatic carbocycles. The zero-order valence-electron chi connectivity index (χ0n) is 15.9. The molecule has 5 rings (SSSR count). The van der Waals surface area contributed by atoms with Gasteiger partial charge in [0.2, 0.25) is 0 Å². The lowest BCUT2D eigenvalue weighted by atomic mass is 10.1. The summed E-state index contributed by atoms with van der Waals surface area (Å²) in [5, 5.41) is 8.74. The van der Waals surface area contributed by atoms with Crippen molar-refractivity contribution in [2.45, 2.75) is 38.0 Å². The SMILES string of the molecule is CNC(=O)Nc1ccc(-c2nc3c(c(N4C5CCC4COC5)n2)CNC3)cc1. The van der Waals surface area contributed by atoms with Crippen LogP contribution >= 0.6 is 0 Å². The van der Waals surface area contributed by atoms with Gasteiger partial charge in [-0.15, -0.1) is 0 Å². The smallest absolute Gasteiger partial charge is 0.318 e. The predicted molar refractivity (Wildman–Crippen MR) is 106 cm³/mol. The van der Waals surface area contributed by atoms with Crippen molar-refractivity contribution in [1.29, 1.82) is 0 Å². The molecule has 3 aliphatic heterocycles. The van der Waals surface area contributed by atoms with E-state index in [2.05, 4.69) is 20.9 Å². The maximum absolute atomic E-state index is 11.5. The Morgan fingerprint density at radius 3 is 2.61 bits per heavy atom. The fourth-order valence-corrected chi connectivity index (χ4v) is 4.36. The van der Waals surface area contributed by atoms with Crippen LogP contribution in [0.2, 0.25) is 0 Å². The lowest BCUT2D eigenvalue weighted by Gasteiger charge is -2.36. The van der Waals surface area contributed by atoms with Crippen molar-refractivity contribution < 1.29 is 9.53 Å². The highest BCUT2D eigenvalue weighted by Gasteiger charge is 2.40. The molecule has 146 valence electrons. The van der Waals surface area contributed by atoms with E-state index in [9.17, 15) is 4.79 Å². The van der Waals surface area contributed by atoms with E-state index in [0.717, 1.165) is 67.7 Å². The number of carbonyl (C=O) groups is 1. The highest BCUT2D eigenvalue weighted by atomic mass is 16.5. The molecule has 3 aliphatic rings. The number of rotatable bonds is 3. The van der Waals surface area contributed by atoms with E-state index in [-0.39, 0.29) is 6.03 Å². The van der Waals surface area contributed by atoms with E-state index in [4.69, 9.17) is 14.7 Å². The molecule has 2 saturated heterocycles. The zero-order chi connectivity index (χ0) is 19.1. The Morgan fingerprint density at radius 1 is 1.14 bits per heavy atom. The summed E-state index contributed by atoms with van der Waals surface area (Å²) in [5.41, 5.74) is 3.98. The van der Waals surface area contributed by atoms with Crippen LogP contribution in [0.4, 0.5) is 16.3 Å². The van der Waals surface area contributed by atoms with Crippen molar-refractivity contribution in [2.24, 2.45) is 0 Å². The first-order valence-electron chi connectivity index (χ1n) is 9.78. The van der Waals surface area contributed by atoms with Crippen LogP contribution in [0.1, 0.15) is 24.1 Å². The van der Waals surface area contributed by atoms with Crippen molar-refractivity contribution in [3.63, 3.8) is 0 Å². The van der Waals surface area contributed by atoms with E-state index < -0.39 is 0 Å². The van der Waals surface area contributed by atoms with E-state index in [1.807, 2.05) is 24.3 Å². The van der Waals surface area contributed by atoms with Gasteiger partial charge in [-0.1, -0.05) is 0 Å². The van der Waals surface area contributed by atoms with Gasteiger partial charge in [-0.25, -0.2) is 14.8 Å². The average molecular weight is 380 g/mol. The fraction of sp³-hybridized carbons (Fsp3) is 0.450. The number of morpholine rings is 1. The van der Waals surface area contributed by atoms with Crippen molar-refractivity contribution >= 4 is 17.5 Å². The average Bonchev–Trinajstić information content (AvgIpc) is 3.29. The highest BCUT2D eigenvalue weighted by molar-refractivity contribution is 5.89. The number of nitrogens with one attached hydrogen (secondary N) is 3. The number of carbonyl (C=O) groups excluding carboxylic acids is 1. The van der Waals surface area contributed by atoms with Crippen LogP contribution in [0.15, 0.2) is 24.3 Å². The second-order valence-electron chi connectivity index (χ2n) is 7.51. The van der Waals surface area contributed by atoms with Gasteiger partial charge in [0.15, 0.2) is 5.82 Å². The van der Waals surface area contributed by atoms with E-state index in [1.54, 1.807) is 7.05 Å². The largest absolute Gasteiger partial charge is 0.377 e. The standard InChI is InChI=1S/C20H24N6O2/c1-21-20(27)23-13-4-2-12(3-5-13)18-24-17-9-22-8-16(17)19(25-18)26-14-6-7-15(26)11-28-10-14/h2-5,14-15,22H,6-11H2,1H3,(H2,21,23,27). The van der Waals surface area contributed by atoms with Crippen molar-refractivity contribution in [1.82, 2.24) is 20.6 Å². The van der Waals surface area contributed by atoms with Gasteiger partial charge in [0.05, 0.1) is 31.0 Å². The van der Waals surface area contributed by atoms with Crippen molar-refractivity contribution in [2.75, 3.05) is 30.5 Å². The summed E-state index contributed by atoms with van der Waals surface area (Å²) >= 11 is 0. The lowest BCUT2D eigenvalue weighted by molar-refractivity contribution is 0.0901. The molecule has 2 atom stereocenters. The summed E-state index contributed by atoms with van der Waals surface area (Å²) in [4.78, 5) is 23.8. The second-order valence-corrected chi connectivity index (χ2v) is 7.51. The number of ether oxygens (including phenoxy) is 1. The monoisotopic (exact) mass is 380 g/mol. The zero-order valence-corrected chi connectivity index (χ0v) is 15.9. The number of hydrogen-bond acceptors (Lipinski definition) is 6. The van der Waals surface area contributed by atoms with Gasteiger partial charge in [0, 0.05) is 37.0 Å². The quantitative estimate of drug-likeness (QED) is 0.753. The minimum absolute atomic E-state index is 0.238. The minimum atomic E-state index is -0.238. The molecule has 4 heterocycles. The third-order valence-corrected chi connectivity index (χ3v) is 5.78. The van der Waals surface area contributed by atoms with Crippen LogP contribution < -0.4 is 20.9 Å². The molecular formula is C20H24N6O2. The number of aromatic nitrogens is 2. The van der Waals surface area contributed by atoms with E-state index in [1.165, 1.54) is 5.56 Å². The molecule has 0 spiro atoms. The maximum Gasteiger partial charge on any atom is 0.318 e. The molecule has 0 saturated carbocycles. The molecule has 2 amide bonds. The first-order chi connectivity index (χ1) is 13.7. The summed E-state index contributed by atoms with van der Waals surface area (Å²) in [6, 6.07) is 8.23. The lowest BCUT2D eigenvalue weighted by Crippen LogP contribution is -2.47. The highest BCUT2D eigenvalue weighted by Crippen LogP contribution is 2.37. The normalized spacial score (nSPS) is 22.8. The number of anilines is 2. The van der Waals surface area contributed by atoms with Crippen molar-refractivity contribution in [3.8, 4) is 11.4 Å². The van der Waals surface area contributed by atoms with Gasteiger partial charge < -0.3 is 25.6 Å². The predicted octanol–water partition coefficient (Wildman–Crippen LogP) is 1.87. The molecule has 1 aromatic heterocycles. The Hall–Kier alpha value is -2.71. The van der Waals surface area contributed by atoms with Crippen LogP contribution in [0.3, 0.4) is 0 Å². The van der Waals surface area contributed by atoms with E-state index >= 15 is 0 Å². The van der Waals surface area contributed by atoms with Crippen LogP contribution in [-0.2, 0) is 17.8 Å². The van der Waals surface area contributed by atoms with E-state index in [0.29, 0.717) is 12.1 Å². The first-order valence-corrected chi connectivity index (χ1v) is 9.78. The molecule has 2 bridgehead atoms. The summed E-state index contributed by atoms with van der Waals surface area (Å²) in [6.07, 6.45) is 2.32. The first kappa shape index (κ1) is 17.4. The van der Waals surface area contributed by atoms with Crippen LogP contribution in [-0.4, -0.2) is 48.3 Å². The molecule has 0 aliphatic carbocycles. The topological polar surface area (TPSA) is 91.4 Å². The molecule has 2 fully saturated rings. The summed E-state index contributed by atoms with van der Waals surface area (Å²) in [7, 11) is 1.59. The third-order valence-electron chi connectivity index (χ3n) is 5.78. The Kier molecular flexibility index (Phi) is 4.37. The number of amides is 2. The summed E-state index contributed by atoms with van der Waals surface area (Å²) in [5.74, 6) is 1.79. The van der Waals surface area contributed by atoms with Gasteiger partial charge in [-0.2, -0.15) is 0 Å². The summed E-state index contributed by atoms with van der Waals surface area (Å²) < 4.78 is 5.76. The molecule has 28 heavy (non-hydrogen) atoms. The molecule has 3 N–H and O–H groups in total. The molecule has 8 heteroatoms. The number of benzene rings is 1. The molecule has 0 radical (unpaired) electrons. The molecule has 2 unspecified atom stereocenters. The fourth-order valence-electron chi connectivity index (χ4n) is 4.36. The van der Waals surface area contributed by atoms with Gasteiger partial charge in [-0.3, -0.25) is 0 Å². The Morgan fingerprint density at radius 2 is 1.89 bits per heavy atom. The van der Waals surface area contributed by atoms with Gasteiger partial charge in [-0.05, 0) is 37.1 Å². The molecular weight excluding hydrogens is 356 g/mol. The van der Waals surface area contributed by atoms with Crippen LogP contribution in [0.5, 0.6) is 0 Å². The van der Waals surface area contributed by atoms with Crippen molar-refractivity contribution in [3.05, 3.63) is 35.5 Å². The molecule has 8 nitrogen and oxygen atoms in total. The number of urea groups is 1. The van der Waals surface area contributed by atoms with Gasteiger partial charge >= 0.3 is 6.03 Å². The van der Waals surface area contributed by atoms with Gasteiger partial charge in [0.25, 0.3) is 0 Å². The van der Waals surface area contributed by atoms with Crippen LogP contribution in [0, 0.1) is 0 Å². The number of fused-ring (bicyclic) bond motifs is 3. The van der Waals surface area contributed by atoms with Crippen LogP contribution in [0.25, 0.3) is 11.4 Å². The molecule has 2 aromatic rings. The minimum Gasteiger partial charge on any atom is -0.377 e.